The number of ether oxygens (including phenoxy) is 7. The zero-order valence-electron chi connectivity index (χ0n) is 46.2. The Kier molecular flexibility index (Phi) is 16.8. The number of allylic oxidation sites excluding steroid dienone is 1. The molecule has 1 saturated heterocycles. The first-order chi connectivity index (χ1) is 35.1. The van der Waals surface area contributed by atoms with Gasteiger partial charge in [0.15, 0.2) is 12.2 Å². The van der Waals surface area contributed by atoms with Crippen molar-refractivity contribution in [2.45, 2.75) is 202 Å². The number of nitrogens with one attached hydrogen (secondary N) is 2. The lowest BCUT2D eigenvalue weighted by Gasteiger charge is -2.72. The molecule has 5 aliphatic carbocycles. The molecule has 0 radical (unpaired) electrons. The molecule has 5 saturated carbocycles. The number of aliphatic hydroxyl groups is 1. The van der Waals surface area contributed by atoms with Crippen LogP contribution in [0.4, 0.5) is 0 Å². The summed E-state index contributed by atoms with van der Waals surface area (Å²) in [5, 5.41) is 25.8. The number of rotatable bonds is 17. The third kappa shape index (κ3) is 10.7. The number of aliphatic hydroxyl groups excluding tert-OH is 1. The van der Waals surface area contributed by atoms with E-state index in [1.807, 2.05) is 0 Å². The van der Waals surface area contributed by atoms with E-state index in [9.17, 15) is 38.7 Å². The Morgan fingerprint density at radius 2 is 1.55 bits per heavy atom. The molecule has 0 bridgehead atoms. The Bertz CT molecular complexity index is 2370. The predicted octanol–water partition coefficient (Wildman–Crippen LogP) is 5.45. The number of carbonyl (C=O) groups is 7. The quantitative estimate of drug-likeness (QED) is 0.0995. The van der Waals surface area contributed by atoms with Crippen molar-refractivity contribution < 1.29 is 71.8 Å². The van der Waals surface area contributed by atoms with Gasteiger partial charge in [-0.25, -0.2) is 9.48 Å². The van der Waals surface area contributed by atoms with Gasteiger partial charge in [0.1, 0.15) is 24.5 Å². The van der Waals surface area contributed by atoms with Crippen LogP contribution in [0.25, 0.3) is 0 Å². The first-order valence-electron chi connectivity index (χ1n) is 26.9. The Labute approximate surface area is 441 Å². The molecule has 20 heteroatoms. The maximum atomic E-state index is 15.0. The lowest BCUT2D eigenvalue weighted by molar-refractivity contribution is -0.314. The van der Waals surface area contributed by atoms with Crippen LogP contribution in [0, 0.1) is 56.7 Å². The van der Waals surface area contributed by atoms with Gasteiger partial charge in [-0.05, 0) is 122 Å². The SMILES string of the molecule is C=C(C)[C@@H]1CC[C@]2(C(=O)NCc3cn(CCO[C@]4(C(=O)OC)C[C@H](OC(C)=O)[C@@H](NC(C)=O)[C@H]([C@H](OC(C)=O)[C@@H](COC(C)=O)OC(C)=O)O4)nn3)CC[C@]3(C)[C@H](CC[C@@H]4[C@@]5(C)CC[C@H](O)C(C)(C)[C@@H]5CC[C@]43C)[C@@H]12. The molecule has 1 aromatic heterocycles. The molecule has 0 aromatic carbocycles. The van der Waals surface area contributed by atoms with Crippen molar-refractivity contribution in [3.63, 3.8) is 0 Å². The molecule has 16 atom stereocenters. The standard InChI is InChI=1S/C55H83N5O15/c1-30(2)37-16-21-54(23-22-52(11)38(44(37)54)14-15-42-51(10)19-18-43(66)50(8,9)41(51)17-20-53(42,52)12)48(67)56-27-36-28-60(59-58-36)24-25-71-55(49(68)69-13)26-39(72-33(5)63)45(57-31(3)61)47(75-55)46(74-35(7)65)40(73-34(6)64)29-70-32(4)62/h28,37-47,66H,1,14-27,29H2,2-13H3,(H,56,67)(H,57,61)/t37-,38+,39-,40+,41-,42+,43-,44+,45+,46+,47+,51-,52+,53+,54-,55+/m0/s1. The van der Waals surface area contributed by atoms with Gasteiger partial charge in [-0.2, -0.15) is 0 Å². The number of aromatic nitrogens is 3. The van der Waals surface area contributed by atoms with Crippen molar-refractivity contribution >= 4 is 41.7 Å². The van der Waals surface area contributed by atoms with E-state index in [2.05, 4.69) is 69.1 Å². The van der Waals surface area contributed by atoms with Crippen LogP contribution in [0.1, 0.15) is 152 Å². The highest BCUT2D eigenvalue weighted by Gasteiger charge is 2.72. The summed E-state index contributed by atoms with van der Waals surface area (Å²) in [4.78, 5) is 91.0. The van der Waals surface area contributed by atoms with E-state index in [1.165, 1.54) is 11.6 Å². The largest absolute Gasteiger partial charge is 0.465 e. The van der Waals surface area contributed by atoms with Crippen LogP contribution in [-0.2, 0) is 79.8 Å². The second kappa shape index (κ2) is 21.8. The predicted molar refractivity (Wildman–Crippen MR) is 268 cm³/mol. The smallest absolute Gasteiger partial charge is 0.366 e. The molecule has 3 N–H and O–H groups in total. The van der Waals surface area contributed by atoms with Crippen LogP contribution in [0.2, 0.25) is 0 Å². The topological polar surface area (TPSA) is 259 Å². The fourth-order valence-electron chi connectivity index (χ4n) is 16.3. The van der Waals surface area contributed by atoms with Gasteiger partial charge in [0, 0.05) is 34.6 Å². The van der Waals surface area contributed by atoms with Gasteiger partial charge in [-0.15, -0.1) is 5.10 Å². The second-order valence-corrected chi connectivity index (χ2v) is 24.2. The molecule has 7 rings (SSSR count). The molecule has 6 aliphatic rings. The molecule has 0 unspecified atom stereocenters. The maximum absolute atomic E-state index is 15.0. The van der Waals surface area contributed by atoms with Crippen molar-refractivity contribution in [3.05, 3.63) is 24.0 Å². The van der Waals surface area contributed by atoms with Gasteiger partial charge in [-0.3, -0.25) is 28.8 Å². The van der Waals surface area contributed by atoms with Crippen molar-refractivity contribution in [2.24, 2.45) is 56.7 Å². The van der Waals surface area contributed by atoms with E-state index >= 15 is 0 Å². The van der Waals surface area contributed by atoms with E-state index in [0.717, 1.165) is 105 Å². The van der Waals surface area contributed by atoms with E-state index < -0.39 is 90.4 Å². The molecule has 75 heavy (non-hydrogen) atoms. The van der Waals surface area contributed by atoms with Crippen molar-refractivity contribution in [3.8, 4) is 0 Å². The number of methoxy groups -OCH3 is 1. The average molecular weight is 1050 g/mol. The third-order valence-electron chi connectivity index (χ3n) is 19.7. The summed E-state index contributed by atoms with van der Waals surface area (Å²) in [6, 6.07) is -1.35. The van der Waals surface area contributed by atoms with Crippen LogP contribution in [0.5, 0.6) is 0 Å². The molecule has 2 amide bonds. The van der Waals surface area contributed by atoms with Gasteiger partial charge in [0.2, 0.25) is 11.8 Å². The number of hydrogen-bond donors (Lipinski definition) is 3. The Hall–Kier alpha value is -4.95. The molecule has 6 fully saturated rings. The van der Waals surface area contributed by atoms with Crippen molar-refractivity contribution in [1.29, 1.82) is 0 Å². The zero-order chi connectivity index (χ0) is 55.2. The molecule has 20 nitrogen and oxygen atoms in total. The van der Waals surface area contributed by atoms with Gasteiger partial charge in [0.25, 0.3) is 5.79 Å². The first-order valence-corrected chi connectivity index (χ1v) is 26.9. The highest BCUT2D eigenvalue weighted by atomic mass is 16.7. The minimum absolute atomic E-state index is 0.0127. The Morgan fingerprint density at radius 3 is 2.17 bits per heavy atom. The van der Waals surface area contributed by atoms with Crippen LogP contribution in [0.15, 0.2) is 18.3 Å². The van der Waals surface area contributed by atoms with Crippen LogP contribution >= 0.6 is 0 Å². The van der Waals surface area contributed by atoms with Gasteiger partial charge < -0.3 is 48.9 Å². The van der Waals surface area contributed by atoms with Crippen molar-refractivity contribution in [1.82, 2.24) is 25.6 Å². The van der Waals surface area contributed by atoms with E-state index in [-0.39, 0.29) is 65.2 Å². The number of amides is 2. The van der Waals surface area contributed by atoms with Crippen molar-refractivity contribution in [2.75, 3.05) is 20.3 Å². The molecule has 1 aliphatic heterocycles. The normalized spacial score (nSPS) is 37.3. The number of nitrogens with zero attached hydrogens (tertiary/aromatic N) is 3. The summed E-state index contributed by atoms with van der Waals surface area (Å²) in [6.45, 7) is 23.6. The number of esters is 5. The molecule has 2 heterocycles. The van der Waals surface area contributed by atoms with Gasteiger partial charge >= 0.3 is 29.8 Å². The third-order valence-corrected chi connectivity index (χ3v) is 19.7. The second-order valence-electron chi connectivity index (χ2n) is 24.2. The van der Waals surface area contributed by atoms with Gasteiger partial charge in [0.05, 0.1) is 57.0 Å². The maximum Gasteiger partial charge on any atom is 0.366 e. The lowest BCUT2D eigenvalue weighted by Crippen LogP contribution is -2.69. The summed E-state index contributed by atoms with van der Waals surface area (Å²) in [7, 11) is 1.08. The summed E-state index contributed by atoms with van der Waals surface area (Å²) >= 11 is 0. The van der Waals surface area contributed by atoms with E-state index in [0.29, 0.717) is 23.4 Å². The first kappa shape index (κ1) is 57.7. The number of hydrogen-bond acceptors (Lipinski definition) is 17. The summed E-state index contributed by atoms with van der Waals surface area (Å²) in [6.07, 6.45) is 4.35. The Morgan fingerprint density at radius 1 is 0.840 bits per heavy atom. The highest BCUT2D eigenvalue weighted by molar-refractivity contribution is 5.84. The summed E-state index contributed by atoms with van der Waals surface area (Å²) in [5.74, 6) is -5.67. The molecular formula is C55H83N5O15. The minimum atomic E-state index is -2.40. The van der Waals surface area contributed by atoms with E-state index in [1.54, 1.807) is 6.20 Å². The molecule has 0 spiro atoms. The van der Waals surface area contributed by atoms with Crippen LogP contribution in [0.3, 0.4) is 0 Å². The zero-order valence-corrected chi connectivity index (χ0v) is 46.2. The minimum Gasteiger partial charge on any atom is -0.465 e. The number of carbonyl (C=O) groups excluding carboxylic acids is 7. The lowest BCUT2D eigenvalue weighted by atomic mass is 9.32. The summed E-state index contributed by atoms with van der Waals surface area (Å²) in [5.41, 5.74) is 1.22. The molecule has 1 aromatic rings. The summed E-state index contributed by atoms with van der Waals surface area (Å²) < 4.78 is 41.2. The number of fused-ring (bicyclic) bond motifs is 7. The molecule has 418 valence electrons. The van der Waals surface area contributed by atoms with E-state index in [4.69, 9.17) is 33.2 Å². The average Bonchev–Trinajstić information content (AvgIpc) is 3.96. The fraction of sp³-hybridized carbons (Fsp3) is 0.800. The fourth-order valence-corrected chi connectivity index (χ4v) is 16.3. The Balaban J connectivity index is 1.08. The highest BCUT2D eigenvalue weighted by Crippen LogP contribution is 2.77. The molecular weight excluding hydrogens is 971 g/mol. The monoisotopic (exact) mass is 1050 g/mol. The van der Waals surface area contributed by atoms with Crippen LogP contribution < -0.4 is 10.6 Å². The van der Waals surface area contributed by atoms with Crippen LogP contribution in [-0.4, -0.2) is 124 Å². The van der Waals surface area contributed by atoms with Gasteiger partial charge in [-0.1, -0.05) is 52.0 Å².